The summed E-state index contributed by atoms with van der Waals surface area (Å²) in [7, 11) is 0. The fourth-order valence-corrected chi connectivity index (χ4v) is 4.46. The number of esters is 1. The third-order valence-electron chi connectivity index (χ3n) is 6.08. The lowest BCUT2D eigenvalue weighted by molar-refractivity contribution is -0.139. The molecule has 1 aromatic heterocycles. The van der Waals surface area contributed by atoms with Crippen LogP contribution in [-0.2, 0) is 15.7 Å². The summed E-state index contributed by atoms with van der Waals surface area (Å²) < 4.78 is 48.0. The van der Waals surface area contributed by atoms with E-state index in [0.717, 1.165) is 12.1 Å². The molecule has 0 saturated carbocycles. The Labute approximate surface area is 217 Å². The molecular weight excluding hydrogens is 495 g/mol. The zero-order chi connectivity index (χ0) is 27.6. The van der Waals surface area contributed by atoms with Gasteiger partial charge in [0.1, 0.15) is 5.69 Å². The molecule has 3 aromatic rings. The van der Waals surface area contributed by atoms with Crippen LogP contribution in [0.25, 0.3) is 6.08 Å². The molecule has 7 nitrogen and oxygen atoms in total. The largest absolute Gasteiger partial charge is 0.463 e. The number of allylic oxidation sites excluding steroid dienone is 1. The monoisotopic (exact) mass is 519 g/mol. The first-order chi connectivity index (χ1) is 18.2. The van der Waals surface area contributed by atoms with E-state index >= 15 is 0 Å². The first-order valence-electron chi connectivity index (χ1n) is 11.7. The van der Waals surface area contributed by atoms with Gasteiger partial charge in [0.15, 0.2) is 5.82 Å². The highest BCUT2D eigenvalue weighted by molar-refractivity contribution is 5.94. The van der Waals surface area contributed by atoms with E-state index in [1.54, 1.807) is 55.8 Å². The van der Waals surface area contributed by atoms with Gasteiger partial charge in [-0.2, -0.15) is 18.4 Å². The van der Waals surface area contributed by atoms with Crippen LogP contribution in [-0.4, -0.2) is 28.3 Å². The fourth-order valence-electron chi connectivity index (χ4n) is 4.46. The van der Waals surface area contributed by atoms with Gasteiger partial charge in [-0.25, -0.2) is 14.8 Å². The van der Waals surface area contributed by atoms with E-state index in [1.165, 1.54) is 23.1 Å². The van der Waals surface area contributed by atoms with E-state index in [2.05, 4.69) is 22.6 Å². The number of hydrogen-bond donors (Lipinski definition) is 0. The standard InChI is InChI=1S/C28H24F3N5O2/c1-5-22-25(33-6-2)36-24(19-13-11-18(16-32)12-14-19)23(26(37)38-7-3)17(4)35(27(36)34-22)21-10-8-9-20(15-21)28(29,30)31/h5-6,8-15,24H,1,7H2,2-4H3/b33-6-. The molecule has 2 aromatic carbocycles. The third kappa shape index (κ3) is 4.59. The van der Waals surface area contributed by atoms with Crippen molar-refractivity contribution < 1.29 is 22.7 Å². The Bertz CT molecular complexity index is 1490. The van der Waals surface area contributed by atoms with Crippen LogP contribution in [0.2, 0.25) is 0 Å². The van der Waals surface area contributed by atoms with E-state index in [9.17, 15) is 23.2 Å². The van der Waals surface area contributed by atoms with Crippen molar-refractivity contribution >= 4 is 35.7 Å². The maximum Gasteiger partial charge on any atom is 0.416 e. The molecule has 4 rings (SSSR count). The molecule has 0 aliphatic carbocycles. The van der Waals surface area contributed by atoms with Gasteiger partial charge in [0.05, 0.1) is 35.4 Å². The first kappa shape index (κ1) is 26.4. The van der Waals surface area contributed by atoms with E-state index in [-0.39, 0.29) is 23.8 Å². The van der Waals surface area contributed by atoms with Crippen LogP contribution in [0, 0.1) is 11.3 Å². The SMILES string of the molecule is C=Cc1nc2n(c1/N=C\C)C(c1ccc(C#N)cc1)C(C(=O)OCC)=C(C)N2c1cccc(C(F)(F)F)c1. The molecule has 0 amide bonds. The van der Waals surface area contributed by atoms with Crippen LogP contribution in [0.1, 0.15) is 49.2 Å². The van der Waals surface area contributed by atoms with Crippen molar-refractivity contribution in [3.8, 4) is 6.07 Å². The Kier molecular flexibility index (Phi) is 7.21. The van der Waals surface area contributed by atoms with Gasteiger partial charge >= 0.3 is 12.1 Å². The zero-order valence-electron chi connectivity index (χ0n) is 21.0. The van der Waals surface area contributed by atoms with Crippen molar-refractivity contribution in [2.24, 2.45) is 4.99 Å². The topological polar surface area (TPSA) is 83.5 Å². The summed E-state index contributed by atoms with van der Waals surface area (Å²) in [4.78, 5) is 24.1. The lowest BCUT2D eigenvalue weighted by Gasteiger charge is -2.37. The minimum atomic E-state index is -4.57. The summed E-state index contributed by atoms with van der Waals surface area (Å²) >= 11 is 0. The number of carbonyl (C=O) groups is 1. The summed E-state index contributed by atoms with van der Waals surface area (Å²) in [5.74, 6) is -0.0277. The number of hydrogen-bond acceptors (Lipinski definition) is 6. The van der Waals surface area contributed by atoms with Crippen molar-refractivity contribution in [2.75, 3.05) is 11.5 Å². The fraction of sp³-hybridized carbons (Fsp3) is 0.214. The number of ether oxygens (including phenoxy) is 1. The Morgan fingerprint density at radius 3 is 2.55 bits per heavy atom. The van der Waals surface area contributed by atoms with E-state index in [0.29, 0.717) is 28.3 Å². The summed E-state index contributed by atoms with van der Waals surface area (Å²) in [6, 6.07) is 12.8. The Morgan fingerprint density at radius 1 is 1.26 bits per heavy atom. The van der Waals surface area contributed by atoms with Gasteiger partial charge in [0.25, 0.3) is 0 Å². The summed E-state index contributed by atoms with van der Waals surface area (Å²) in [6.45, 7) is 8.94. The molecule has 0 N–H and O–H groups in total. The second kappa shape index (κ2) is 10.4. The maximum absolute atomic E-state index is 13.6. The number of imidazole rings is 1. The molecular formula is C28H24F3N5O2. The normalized spacial score (nSPS) is 15.4. The second-order valence-electron chi connectivity index (χ2n) is 8.32. The van der Waals surface area contributed by atoms with Crippen LogP contribution in [0.15, 0.2) is 71.4 Å². The molecule has 38 heavy (non-hydrogen) atoms. The highest BCUT2D eigenvalue weighted by Gasteiger charge is 2.41. The van der Waals surface area contributed by atoms with Gasteiger partial charge in [0.2, 0.25) is 5.95 Å². The average Bonchev–Trinajstić information content (AvgIpc) is 3.25. The smallest absolute Gasteiger partial charge is 0.416 e. The second-order valence-corrected chi connectivity index (χ2v) is 8.32. The van der Waals surface area contributed by atoms with E-state index in [1.807, 2.05) is 0 Å². The molecule has 1 atom stereocenters. The Morgan fingerprint density at radius 2 is 1.97 bits per heavy atom. The lowest BCUT2D eigenvalue weighted by Crippen LogP contribution is -2.34. The molecule has 194 valence electrons. The summed E-state index contributed by atoms with van der Waals surface area (Å²) in [6.07, 6.45) is -1.53. The molecule has 0 fully saturated rings. The van der Waals surface area contributed by atoms with Crippen molar-refractivity contribution in [3.63, 3.8) is 0 Å². The highest BCUT2D eigenvalue weighted by Crippen LogP contribution is 2.47. The molecule has 0 spiro atoms. The quantitative estimate of drug-likeness (QED) is 0.267. The van der Waals surface area contributed by atoms with Crippen molar-refractivity contribution in [1.29, 1.82) is 5.26 Å². The molecule has 1 aliphatic heterocycles. The van der Waals surface area contributed by atoms with Crippen molar-refractivity contribution in [3.05, 3.63) is 88.8 Å². The number of alkyl halides is 3. The molecule has 0 bridgehead atoms. The third-order valence-corrected chi connectivity index (χ3v) is 6.08. The molecule has 2 heterocycles. The molecule has 1 unspecified atom stereocenters. The van der Waals surface area contributed by atoms with Crippen LogP contribution in [0.4, 0.5) is 30.6 Å². The lowest BCUT2D eigenvalue weighted by atomic mass is 9.93. The predicted octanol–water partition coefficient (Wildman–Crippen LogP) is 6.72. The number of fused-ring (bicyclic) bond motifs is 1. The Hall–Kier alpha value is -4.65. The molecule has 10 heteroatoms. The summed E-state index contributed by atoms with van der Waals surface area (Å²) in [5.41, 5.74) is 1.30. The molecule has 1 aliphatic rings. The zero-order valence-corrected chi connectivity index (χ0v) is 21.0. The number of carbonyl (C=O) groups excluding carboxylic acids is 1. The molecule has 0 saturated heterocycles. The number of anilines is 2. The summed E-state index contributed by atoms with van der Waals surface area (Å²) in [5, 5.41) is 9.27. The molecule has 0 radical (unpaired) electrons. The number of halogens is 3. The van der Waals surface area contributed by atoms with Crippen LogP contribution in [0.5, 0.6) is 0 Å². The van der Waals surface area contributed by atoms with Gasteiger partial charge in [-0.3, -0.25) is 9.47 Å². The minimum Gasteiger partial charge on any atom is -0.463 e. The number of rotatable bonds is 6. The van der Waals surface area contributed by atoms with Crippen molar-refractivity contribution in [2.45, 2.75) is 33.0 Å². The van der Waals surface area contributed by atoms with E-state index in [4.69, 9.17) is 4.74 Å². The highest BCUT2D eigenvalue weighted by atomic mass is 19.4. The predicted molar refractivity (Wildman–Crippen MR) is 138 cm³/mol. The van der Waals surface area contributed by atoms with Gasteiger partial charge < -0.3 is 4.74 Å². The van der Waals surface area contributed by atoms with Crippen molar-refractivity contribution in [1.82, 2.24) is 9.55 Å². The van der Waals surface area contributed by atoms with Gasteiger partial charge in [-0.1, -0.05) is 24.8 Å². The van der Waals surface area contributed by atoms with Crippen LogP contribution < -0.4 is 4.90 Å². The number of nitrogens with zero attached hydrogens (tertiary/aromatic N) is 5. The van der Waals surface area contributed by atoms with Crippen LogP contribution >= 0.6 is 0 Å². The number of nitriles is 1. The van der Waals surface area contributed by atoms with Crippen LogP contribution in [0.3, 0.4) is 0 Å². The Balaban J connectivity index is 2.10. The maximum atomic E-state index is 13.6. The number of aliphatic imine (C=N–C) groups is 1. The van der Waals surface area contributed by atoms with Gasteiger partial charge in [0, 0.05) is 17.6 Å². The van der Waals surface area contributed by atoms with Gasteiger partial charge in [-0.05, 0) is 62.7 Å². The first-order valence-corrected chi connectivity index (χ1v) is 11.7. The van der Waals surface area contributed by atoms with E-state index < -0.39 is 23.8 Å². The number of aromatic nitrogens is 2. The average molecular weight is 520 g/mol. The van der Waals surface area contributed by atoms with Gasteiger partial charge in [-0.15, -0.1) is 0 Å². The number of benzene rings is 2. The minimum absolute atomic E-state index is 0.0912.